The molecular formula is H6IKO3. The van der Waals surface area contributed by atoms with E-state index >= 15 is 0 Å². The predicted molar refractivity (Wildman–Crippen MR) is 31.4 cm³/mol. The van der Waals surface area contributed by atoms with Gasteiger partial charge in [-0.05, 0) is 0 Å². The Labute approximate surface area is 89.4 Å². The first-order chi connectivity index (χ1) is 1.00. The van der Waals surface area contributed by atoms with Gasteiger partial charge in [-0.2, -0.15) is 0 Å². The van der Waals surface area contributed by atoms with E-state index in [0.29, 0.717) is 0 Å². The molecule has 0 bridgehead atoms. The summed E-state index contributed by atoms with van der Waals surface area (Å²) < 4.78 is 0. The minimum absolute atomic E-state index is 0. The third kappa shape index (κ3) is 22.3. The fourth-order valence-electron chi connectivity index (χ4n) is 0. The van der Waals surface area contributed by atoms with Crippen molar-refractivity contribution in [2.24, 2.45) is 0 Å². The van der Waals surface area contributed by atoms with Crippen LogP contribution >= 0.6 is 24.0 Å². The van der Waals surface area contributed by atoms with E-state index in [4.69, 9.17) is 10.5 Å². The molecule has 0 aromatic carbocycles. The summed E-state index contributed by atoms with van der Waals surface area (Å²) >= 11 is 0. The van der Waals surface area contributed by atoms with Gasteiger partial charge in [0.25, 0.3) is 0 Å². The van der Waals surface area contributed by atoms with Crippen LogP contribution in [0.25, 0.3) is 0 Å². The third-order valence-electron chi connectivity index (χ3n) is 0. The Kier molecular flexibility index (Phi) is 183. The molecule has 3 nitrogen and oxygen atoms in total. The summed E-state index contributed by atoms with van der Waals surface area (Å²) in [5, 5.41) is 12.0. The molecular weight excluding hydrogens is 214 g/mol. The molecule has 0 radical (unpaired) electrons. The molecule has 0 unspecified atom stereocenters. The van der Waals surface area contributed by atoms with Crippen LogP contribution in [0, 0.1) is 0 Å². The first kappa shape index (κ1) is 26.8. The van der Waals surface area contributed by atoms with Crippen molar-refractivity contribution in [3.63, 3.8) is 0 Å². The van der Waals surface area contributed by atoms with Crippen molar-refractivity contribution in [3.05, 3.63) is 0 Å². The molecule has 0 rings (SSSR count). The Bertz CT molecular complexity index is 6.85. The van der Waals surface area contributed by atoms with Crippen molar-refractivity contribution >= 4 is 75.4 Å². The van der Waals surface area contributed by atoms with Crippen LogP contribution < -0.4 is 0 Å². The summed E-state index contributed by atoms with van der Waals surface area (Å²) in [7, 11) is 0. The molecule has 0 fully saturated rings. The number of halogens is 1. The van der Waals surface area contributed by atoms with E-state index in [0.717, 1.165) is 0 Å². The predicted octanol–water partition coefficient (Wildman–Crippen LogP) is -0.838. The molecule has 0 aliphatic carbocycles. The van der Waals surface area contributed by atoms with Crippen molar-refractivity contribution in [1.29, 1.82) is 0 Å². The van der Waals surface area contributed by atoms with Crippen LogP contribution in [0.1, 0.15) is 0 Å². The second-order valence-electron chi connectivity index (χ2n) is 0. The molecule has 0 aromatic rings. The SMILES string of the molecule is I.O.OO.[KH]. The van der Waals surface area contributed by atoms with Gasteiger partial charge in [0.1, 0.15) is 0 Å². The average molecular weight is 220 g/mol. The van der Waals surface area contributed by atoms with Crippen LogP contribution in [0.3, 0.4) is 0 Å². The van der Waals surface area contributed by atoms with E-state index in [9.17, 15) is 0 Å². The van der Waals surface area contributed by atoms with Crippen LogP contribution in [0.4, 0.5) is 0 Å². The number of hydrogen-bond donors (Lipinski definition) is 2. The number of hydrogen-bond acceptors (Lipinski definition) is 2. The quantitative estimate of drug-likeness (QED) is 0.242. The van der Waals surface area contributed by atoms with Gasteiger partial charge in [-0.1, -0.05) is 0 Å². The zero-order chi connectivity index (χ0) is 2.00. The van der Waals surface area contributed by atoms with E-state index < -0.39 is 0 Å². The van der Waals surface area contributed by atoms with Gasteiger partial charge in [0.15, 0.2) is 0 Å². The first-order valence-electron chi connectivity index (χ1n) is 0.200. The summed E-state index contributed by atoms with van der Waals surface area (Å²) in [6, 6.07) is 0. The molecule has 0 saturated heterocycles. The fourth-order valence-corrected chi connectivity index (χ4v) is 0. The van der Waals surface area contributed by atoms with Crippen LogP contribution in [-0.2, 0) is 0 Å². The second kappa shape index (κ2) is 34.1. The van der Waals surface area contributed by atoms with Crippen molar-refractivity contribution in [2.75, 3.05) is 0 Å². The Balaban J connectivity index is -0.00000000167. The molecule has 0 heterocycles. The van der Waals surface area contributed by atoms with Gasteiger partial charge in [-0.25, -0.2) is 0 Å². The van der Waals surface area contributed by atoms with Gasteiger partial charge in [-0.3, -0.25) is 10.5 Å². The summed E-state index contributed by atoms with van der Waals surface area (Å²) in [5.41, 5.74) is 0. The summed E-state index contributed by atoms with van der Waals surface area (Å²) in [5.74, 6) is 0. The average Bonchev–Trinajstić information content (AvgIpc) is 1.00. The van der Waals surface area contributed by atoms with Gasteiger partial charge in [0.05, 0.1) is 0 Å². The summed E-state index contributed by atoms with van der Waals surface area (Å²) in [6.07, 6.45) is 0. The fraction of sp³-hybridized carbons (Fsp3) is 0. The van der Waals surface area contributed by atoms with Crippen LogP contribution in [-0.4, -0.2) is 67.4 Å². The first-order valence-corrected chi connectivity index (χ1v) is 0.200. The van der Waals surface area contributed by atoms with Crippen molar-refractivity contribution < 1.29 is 16.0 Å². The molecule has 0 aliphatic rings. The van der Waals surface area contributed by atoms with Gasteiger partial charge < -0.3 is 5.48 Å². The molecule has 0 amide bonds. The van der Waals surface area contributed by atoms with E-state index in [-0.39, 0.29) is 80.8 Å². The summed E-state index contributed by atoms with van der Waals surface area (Å²) in [6.45, 7) is 0. The maximum atomic E-state index is 6.00. The molecule has 5 heavy (non-hydrogen) atoms. The van der Waals surface area contributed by atoms with Crippen molar-refractivity contribution in [3.8, 4) is 0 Å². The molecule has 0 aliphatic heterocycles. The molecule has 0 saturated carbocycles. The Morgan fingerprint density at radius 2 is 1.00 bits per heavy atom. The van der Waals surface area contributed by atoms with Crippen LogP contribution in [0.15, 0.2) is 0 Å². The Morgan fingerprint density at radius 1 is 1.00 bits per heavy atom. The maximum absolute atomic E-state index is 6.00. The topological polar surface area (TPSA) is 72.0 Å². The molecule has 5 heteroatoms. The van der Waals surface area contributed by atoms with Gasteiger partial charge >= 0.3 is 51.4 Å². The van der Waals surface area contributed by atoms with Gasteiger partial charge in [0, 0.05) is 0 Å². The molecule has 0 atom stereocenters. The van der Waals surface area contributed by atoms with Crippen molar-refractivity contribution in [2.45, 2.75) is 0 Å². The zero-order valence-corrected chi connectivity index (χ0v) is 4.13. The second-order valence-corrected chi connectivity index (χ2v) is 0. The van der Waals surface area contributed by atoms with Gasteiger partial charge in [0.2, 0.25) is 0 Å². The number of rotatable bonds is 0. The molecule has 0 spiro atoms. The molecule has 32 valence electrons. The van der Waals surface area contributed by atoms with Gasteiger partial charge in [-0.15, -0.1) is 24.0 Å². The van der Waals surface area contributed by atoms with Crippen LogP contribution in [0.2, 0.25) is 0 Å². The third-order valence-corrected chi connectivity index (χ3v) is 0. The monoisotopic (exact) mass is 220 g/mol. The van der Waals surface area contributed by atoms with E-state index in [1.165, 1.54) is 0 Å². The van der Waals surface area contributed by atoms with Crippen molar-refractivity contribution in [1.82, 2.24) is 0 Å². The molecule has 0 aromatic heterocycles. The summed E-state index contributed by atoms with van der Waals surface area (Å²) in [4.78, 5) is 0. The Hall–Kier alpha value is 2.25. The zero-order valence-electron chi connectivity index (χ0n) is 1.80. The standard InChI is InChI=1S/HI.K.H2O2.H2O.H/c;;1-2;;/h1H;;1-2H;1H2;. The Morgan fingerprint density at radius 3 is 1.00 bits per heavy atom. The van der Waals surface area contributed by atoms with E-state index in [1.807, 2.05) is 0 Å². The normalized spacial score (nSPS) is 1.20. The molecule has 4 N–H and O–H groups in total. The van der Waals surface area contributed by atoms with E-state index in [2.05, 4.69) is 0 Å². The van der Waals surface area contributed by atoms with E-state index in [1.54, 1.807) is 0 Å². The minimum atomic E-state index is 0. The van der Waals surface area contributed by atoms with Crippen LogP contribution in [0.5, 0.6) is 0 Å².